The molecule has 3 aromatic carbocycles. The van der Waals surface area contributed by atoms with Crippen LogP contribution in [0.5, 0.6) is 0 Å². The number of amides is 3. The van der Waals surface area contributed by atoms with Crippen molar-refractivity contribution in [2.24, 2.45) is 5.10 Å². The lowest BCUT2D eigenvalue weighted by molar-refractivity contribution is -0.136. The molecule has 0 atom stereocenters. The van der Waals surface area contributed by atoms with Crippen LogP contribution in [0.15, 0.2) is 84.1 Å². The summed E-state index contributed by atoms with van der Waals surface area (Å²) in [5.41, 5.74) is 4.79. The average molecular weight is 460 g/mol. The highest BCUT2D eigenvalue weighted by Crippen LogP contribution is 2.19. The van der Waals surface area contributed by atoms with Crippen LogP contribution in [0, 0.1) is 0 Å². The summed E-state index contributed by atoms with van der Waals surface area (Å²) in [6.45, 7) is 0. The van der Waals surface area contributed by atoms with Gasteiger partial charge in [-0.1, -0.05) is 41.9 Å². The van der Waals surface area contributed by atoms with Crippen LogP contribution in [-0.4, -0.2) is 28.9 Å². The summed E-state index contributed by atoms with van der Waals surface area (Å²) >= 11 is 5.86. The van der Waals surface area contributed by atoms with Gasteiger partial charge in [-0.15, -0.1) is 0 Å². The van der Waals surface area contributed by atoms with Crippen LogP contribution in [0.25, 0.3) is 10.9 Å². The van der Waals surface area contributed by atoms with Gasteiger partial charge in [-0.3, -0.25) is 14.4 Å². The molecule has 0 spiro atoms. The third-order valence-corrected chi connectivity index (χ3v) is 4.97. The molecule has 3 amide bonds. The summed E-state index contributed by atoms with van der Waals surface area (Å²) in [6.07, 6.45) is 3.19. The number of fused-ring (bicyclic) bond motifs is 1. The smallest absolute Gasteiger partial charge is 0.329 e. The number of carbonyl (C=O) groups excluding carboxylic acids is 3. The van der Waals surface area contributed by atoms with Crippen molar-refractivity contribution in [1.82, 2.24) is 10.4 Å². The lowest BCUT2D eigenvalue weighted by atomic mass is 10.1. The second kappa shape index (κ2) is 9.80. The van der Waals surface area contributed by atoms with Gasteiger partial charge in [-0.25, -0.2) is 5.43 Å². The molecular formula is C24H18ClN5O3. The van der Waals surface area contributed by atoms with Crippen molar-refractivity contribution >= 4 is 57.8 Å². The molecule has 8 nitrogen and oxygen atoms in total. The van der Waals surface area contributed by atoms with Crippen LogP contribution in [-0.2, 0) is 9.59 Å². The molecule has 1 aromatic heterocycles. The second-order valence-electron chi connectivity index (χ2n) is 6.95. The fraction of sp³-hybridized carbons (Fsp3) is 0. The highest BCUT2D eigenvalue weighted by Gasteiger charge is 2.18. The van der Waals surface area contributed by atoms with Gasteiger partial charge in [0.05, 0.1) is 17.5 Å². The molecule has 0 saturated heterocycles. The van der Waals surface area contributed by atoms with Crippen molar-refractivity contribution in [2.45, 2.75) is 0 Å². The highest BCUT2D eigenvalue weighted by molar-refractivity contribution is 6.40. The number of hydrogen-bond acceptors (Lipinski definition) is 4. The molecule has 0 saturated carbocycles. The molecule has 0 radical (unpaired) electrons. The Hall–Kier alpha value is -4.43. The number of aromatic nitrogens is 1. The monoisotopic (exact) mass is 459 g/mol. The molecule has 0 bridgehead atoms. The maximum atomic E-state index is 12.7. The lowest BCUT2D eigenvalue weighted by Gasteiger charge is -2.11. The van der Waals surface area contributed by atoms with Gasteiger partial charge >= 0.3 is 11.8 Å². The average Bonchev–Trinajstić information content (AvgIpc) is 3.24. The fourth-order valence-corrected chi connectivity index (χ4v) is 3.24. The Morgan fingerprint density at radius 3 is 2.39 bits per heavy atom. The molecule has 9 heteroatoms. The SMILES string of the molecule is O=C(N/N=C/c1c[nH]c2ccccc12)C(=O)Nc1ccccc1C(=O)Nc1ccc(Cl)cc1. The van der Waals surface area contributed by atoms with E-state index < -0.39 is 17.7 Å². The fourth-order valence-electron chi connectivity index (χ4n) is 3.11. The molecular weight excluding hydrogens is 442 g/mol. The Balaban J connectivity index is 1.40. The van der Waals surface area contributed by atoms with Gasteiger partial charge in [0.2, 0.25) is 0 Å². The van der Waals surface area contributed by atoms with Crippen LogP contribution in [0.3, 0.4) is 0 Å². The minimum absolute atomic E-state index is 0.185. The molecule has 0 aliphatic carbocycles. The highest BCUT2D eigenvalue weighted by atomic mass is 35.5. The first-order valence-corrected chi connectivity index (χ1v) is 10.3. The van der Waals surface area contributed by atoms with Gasteiger partial charge in [0, 0.05) is 33.4 Å². The number of halogens is 1. The summed E-state index contributed by atoms with van der Waals surface area (Å²) in [5, 5.41) is 10.5. The number of hydrazone groups is 1. The van der Waals surface area contributed by atoms with Crippen LogP contribution < -0.4 is 16.1 Å². The predicted octanol–water partition coefficient (Wildman–Crippen LogP) is 4.16. The third-order valence-electron chi connectivity index (χ3n) is 4.72. The number of nitrogens with zero attached hydrogens (tertiary/aromatic N) is 1. The van der Waals surface area contributed by atoms with Crippen LogP contribution in [0.4, 0.5) is 11.4 Å². The standard InChI is InChI=1S/C24H18ClN5O3/c25-16-9-11-17(12-10-16)28-22(31)19-6-2-4-8-21(19)29-23(32)24(33)30-27-14-15-13-26-20-7-3-1-5-18(15)20/h1-14,26H,(H,28,31)(H,29,32)(H,30,33)/b27-14+. The van der Waals surface area contributed by atoms with E-state index in [1.165, 1.54) is 18.3 Å². The lowest BCUT2D eigenvalue weighted by Crippen LogP contribution is -2.33. The van der Waals surface area contributed by atoms with E-state index in [1.54, 1.807) is 42.6 Å². The van der Waals surface area contributed by atoms with Crippen molar-refractivity contribution in [3.8, 4) is 0 Å². The van der Waals surface area contributed by atoms with Crippen molar-refractivity contribution in [2.75, 3.05) is 10.6 Å². The van der Waals surface area contributed by atoms with Crippen LogP contribution in [0.1, 0.15) is 15.9 Å². The van der Waals surface area contributed by atoms with E-state index in [0.717, 1.165) is 16.5 Å². The van der Waals surface area contributed by atoms with Gasteiger partial charge in [0.1, 0.15) is 0 Å². The largest absolute Gasteiger partial charge is 0.361 e. The number of rotatable bonds is 5. The Morgan fingerprint density at radius 1 is 0.848 bits per heavy atom. The molecule has 0 unspecified atom stereocenters. The molecule has 164 valence electrons. The number of hydrogen-bond donors (Lipinski definition) is 4. The summed E-state index contributed by atoms with van der Waals surface area (Å²) in [4.78, 5) is 40.3. The van der Waals surface area contributed by atoms with Crippen molar-refractivity contribution < 1.29 is 14.4 Å². The second-order valence-corrected chi connectivity index (χ2v) is 7.39. The van der Waals surface area contributed by atoms with E-state index in [9.17, 15) is 14.4 Å². The number of para-hydroxylation sites is 2. The van der Waals surface area contributed by atoms with Crippen LogP contribution in [0.2, 0.25) is 5.02 Å². The zero-order valence-electron chi connectivity index (χ0n) is 17.1. The Kier molecular flexibility index (Phi) is 6.47. The first kappa shape index (κ1) is 21.8. The summed E-state index contributed by atoms with van der Waals surface area (Å²) in [7, 11) is 0. The summed E-state index contributed by atoms with van der Waals surface area (Å²) in [6, 6.07) is 20.6. The topological polar surface area (TPSA) is 115 Å². The van der Waals surface area contributed by atoms with Crippen molar-refractivity contribution in [3.63, 3.8) is 0 Å². The normalized spacial score (nSPS) is 10.8. The molecule has 4 aromatic rings. The number of aromatic amines is 1. The Labute approximate surface area is 193 Å². The quantitative estimate of drug-likeness (QED) is 0.204. The number of anilines is 2. The van der Waals surface area contributed by atoms with Crippen LogP contribution >= 0.6 is 11.6 Å². The van der Waals surface area contributed by atoms with Crippen molar-refractivity contribution in [3.05, 3.63) is 95.1 Å². The molecule has 0 fully saturated rings. The van der Waals surface area contributed by atoms with E-state index in [-0.39, 0.29) is 11.3 Å². The molecule has 4 rings (SSSR count). The molecule has 4 N–H and O–H groups in total. The Bertz CT molecular complexity index is 1360. The first-order valence-electron chi connectivity index (χ1n) is 9.88. The maximum absolute atomic E-state index is 12.7. The number of benzene rings is 3. The van der Waals surface area contributed by atoms with E-state index in [0.29, 0.717) is 10.7 Å². The van der Waals surface area contributed by atoms with E-state index in [2.05, 4.69) is 26.1 Å². The van der Waals surface area contributed by atoms with E-state index >= 15 is 0 Å². The van der Waals surface area contributed by atoms with E-state index in [1.807, 2.05) is 24.3 Å². The van der Waals surface area contributed by atoms with E-state index in [4.69, 9.17) is 11.6 Å². The van der Waals surface area contributed by atoms with Gasteiger partial charge in [0.25, 0.3) is 5.91 Å². The third kappa shape index (κ3) is 5.25. The predicted molar refractivity (Wildman–Crippen MR) is 129 cm³/mol. The Morgan fingerprint density at radius 2 is 1.58 bits per heavy atom. The molecule has 33 heavy (non-hydrogen) atoms. The zero-order chi connectivity index (χ0) is 23.2. The van der Waals surface area contributed by atoms with Gasteiger partial charge in [-0.2, -0.15) is 5.10 Å². The van der Waals surface area contributed by atoms with Gasteiger partial charge < -0.3 is 15.6 Å². The summed E-state index contributed by atoms with van der Waals surface area (Å²) < 4.78 is 0. The van der Waals surface area contributed by atoms with Gasteiger partial charge in [-0.05, 0) is 42.5 Å². The molecule has 0 aliphatic heterocycles. The number of nitrogens with one attached hydrogen (secondary N) is 4. The zero-order valence-corrected chi connectivity index (χ0v) is 17.9. The molecule has 1 heterocycles. The minimum Gasteiger partial charge on any atom is -0.361 e. The summed E-state index contributed by atoms with van der Waals surface area (Å²) in [5.74, 6) is -2.39. The number of H-pyrrole nitrogens is 1. The molecule has 0 aliphatic rings. The first-order chi connectivity index (χ1) is 16.0. The van der Waals surface area contributed by atoms with Gasteiger partial charge in [0.15, 0.2) is 0 Å². The van der Waals surface area contributed by atoms with Crippen molar-refractivity contribution in [1.29, 1.82) is 0 Å². The minimum atomic E-state index is -0.973. The number of carbonyl (C=O) groups is 3. The maximum Gasteiger partial charge on any atom is 0.329 e.